The monoisotopic (exact) mass is 259 g/mol. The first-order valence-electron chi connectivity index (χ1n) is 8.16. The van der Waals surface area contributed by atoms with Gasteiger partial charge in [-0.25, -0.2) is 0 Å². The molecular formula is C18H29N. The zero-order valence-electron chi connectivity index (χ0n) is 12.5. The van der Waals surface area contributed by atoms with Gasteiger partial charge in [-0.05, 0) is 37.3 Å². The lowest BCUT2D eigenvalue weighted by Gasteiger charge is -2.28. The minimum atomic E-state index is 1.04. The summed E-state index contributed by atoms with van der Waals surface area (Å²) in [6.07, 6.45) is 11.6. The van der Waals surface area contributed by atoms with Crippen LogP contribution >= 0.6 is 0 Å². The van der Waals surface area contributed by atoms with E-state index in [2.05, 4.69) is 42.2 Å². The fraction of sp³-hybridized carbons (Fsp3) is 0.667. The molecule has 0 N–H and O–H groups in total. The van der Waals surface area contributed by atoms with Crippen molar-refractivity contribution in [1.29, 1.82) is 0 Å². The van der Waals surface area contributed by atoms with Gasteiger partial charge in [0.25, 0.3) is 0 Å². The van der Waals surface area contributed by atoms with Gasteiger partial charge in [-0.2, -0.15) is 0 Å². The maximum atomic E-state index is 2.48. The van der Waals surface area contributed by atoms with Crippen molar-refractivity contribution in [1.82, 2.24) is 0 Å². The highest BCUT2D eigenvalue weighted by atomic mass is 15.1. The summed E-state index contributed by atoms with van der Waals surface area (Å²) in [6, 6.07) is 10.7. The maximum absolute atomic E-state index is 2.48. The van der Waals surface area contributed by atoms with E-state index in [9.17, 15) is 0 Å². The van der Waals surface area contributed by atoms with Crippen molar-refractivity contribution in [3.8, 4) is 0 Å². The van der Waals surface area contributed by atoms with Crippen LogP contribution in [-0.4, -0.2) is 13.1 Å². The third-order valence-electron chi connectivity index (χ3n) is 4.37. The van der Waals surface area contributed by atoms with Crippen molar-refractivity contribution in [3.63, 3.8) is 0 Å². The summed E-state index contributed by atoms with van der Waals surface area (Å²) < 4.78 is 0. The number of hydrogen-bond donors (Lipinski definition) is 0. The van der Waals surface area contributed by atoms with Gasteiger partial charge in [0, 0.05) is 18.8 Å². The minimum Gasteiger partial charge on any atom is -0.372 e. The van der Waals surface area contributed by atoms with E-state index in [4.69, 9.17) is 0 Å². The quantitative estimate of drug-likeness (QED) is 0.664. The maximum Gasteiger partial charge on any atom is 0.0366 e. The fourth-order valence-electron chi connectivity index (χ4n) is 3.10. The van der Waals surface area contributed by atoms with E-state index in [0.29, 0.717) is 0 Å². The summed E-state index contributed by atoms with van der Waals surface area (Å²) in [4.78, 5) is 2.48. The summed E-state index contributed by atoms with van der Waals surface area (Å²) in [5, 5.41) is 0. The average Bonchev–Trinajstić information content (AvgIpc) is 2.51. The molecule has 0 aromatic heterocycles. The van der Waals surface area contributed by atoms with Gasteiger partial charge in [0.2, 0.25) is 0 Å². The zero-order chi connectivity index (χ0) is 13.3. The highest BCUT2D eigenvalue weighted by Crippen LogP contribution is 2.22. The molecule has 0 radical (unpaired) electrons. The summed E-state index contributed by atoms with van der Waals surface area (Å²) in [6.45, 7) is 4.84. The highest BCUT2D eigenvalue weighted by molar-refractivity contribution is 5.46. The number of piperidine rings is 1. The summed E-state index contributed by atoms with van der Waals surface area (Å²) >= 11 is 0. The number of rotatable bonds is 1. The molecule has 1 heteroatoms. The van der Waals surface area contributed by atoms with E-state index >= 15 is 0 Å². The van der Waals surface area contributed by atoms with E-state index in [1.807, 2.05) is 0 Å². The van der Waals surface area contributed by atoms with E-state index in [1.165, 1.54) is 70.1 Å². The molecule has 0 spiro atoms. The molecule has 1 saturated carbocycles. The van der Waals surface area contributed by atoms with Crippen LogP contribution < -0.4 is 4.90 Å². The summed E-state index contributed by atoms with van der Waals surface area (Å²) in [5.41, 5.74) is 1.39. The van der Waals surface area contributed by atoms with Crippen molar-refractivity contribution >= 4 is 5.69 Å². The third-order valence-corrected chi connectivity index (χ3v) is 4.37. The second-order valence-electron chi connectivity index (χ2n) is 6.13. The van der Waals surface area contributed by atoms with Crippen LogP contribution in [0.15, 0.2) is 30.3 Å². The number of nitrogens with zero attached hydrogens (tertiary/aromatic N) is 1. The van der Waals surface area contributed by atoms with E-state index in [1.54, 1.807) is 0 Å². The van der Waals surface area contributed by atoms with Crippen molar-refractivity contribution < 1.29 is 0 Å². The highest BCUT2D eigenvalue weighted by Gasteiger charge is 2.09. The number of hydrogen-bond acceptors (Lipinski definition) is 1. The van der Waals surface area contributed by atoms with E-state index in [0.717, 1.165) is 5.92 Å². The molecule has 1 aromatic carbocycles. The smallest absolute Gasteiger partial charge is 0.0366 e. The van der Waals surface area contributed by atoms with Crippen LogP contribution in [0.1, 0.15) is 58.3 Å². The van der Waals surface area contributed by atoms with Gasteiger partial charge >= 0.3 is 0 Å². The molecule has 1 aliphatic heterocycles. The molecule has 1 heterocycles. The van der Waals surface area contributed by atoms with Gasteiger partial charge < -0.3 is 4.90 Å². The Labute approximate surface area is 119 Å². The van der Waals surface area contributed by atoms with E-state index < -0.39 is 0 Å². The van der Waals surface area contributed by atoms with Crippen molar-refractivity contribution in [2.24, 2.45) is 5.92 Å². The van der Waals surface area contributed by atoms with Gasteiger partial charge in [0.1, 0.15) is 0 Å². The molecular weight excluding hydrogens is 230 g/mol. The molecule has 1 aromatic rings. The van der Waals surface area contributed by atoms with Crippen LogP contribution in [0.2, 0.25) is 0 Å². The molecule has 3 rings (SSSR count). The number of anilines is 1. The fourth-order valence-corrected chi connectivity index (χ4v) is 3.10. The second kappa shape index (κ2) is 8.24. The SMILES string of the molecule is CC1CCCCC1.c1ccc(N2CCCCC2)cc1. The van der Waals surface area contributed by atoms with Gasteiger partial charge in [0.05, 0.1) is 0 Å². The van der Waals surface area contributed by atoms with Gasteiger partial charge in [-0.15, -0.1) is 0 Å². The summed E-state index contributed by atoms with van der Waals surface area (Å²) in [5.74, 6) is 1.04. The lowest BCUT2D eigenvalue weighted by atomic mass is 9.91. The Morgan fingerprint density at radius 3 is 1.89 bits per heavy atom. The van der Waals surface area contributed by atoms with Gasteiger partial charge in [-0.1, -0.05) is 57.2 Å². The van der Waals surface area contributed by atoms with Crippen molar-refractivity contribution in [2.45, 2.75) is 58.3 Å². The molecule has 0 amide bonds. The largest absolute Gasteiger partial charge is 0.372 e. The van der Waals surface area contributed by atoms with Crippen molar-refractivity contribution in [3.05, 3.63) is 30.3 Å². The Morgan fingerprint density at radius 1 is 0.789 bits per heavy atom. The van der Waals surface area contributed by atoms with Crippen LogP contribution in [0, 0.1) is 5.92 Å². The van der Waals surface area contributed by atoms with Crippen LogP contribution in [0.25, 0.3) is 0 Å². The topological polar surface area (TPSA) is 3.24 Å². The predicted octanol–water partition coefficient (Wildman–Crippen LogP) is 5.26. The minimum absolute atomic E-state index is 1.04. The standard InChI is InChI=1S/C11H15N.C7H14/c1-3-7-11(8-4-1)12-9-5-2-6-10-12;1-7-5-3-2-4-6-7/h1,3-4,7-8H,2,5-6,9-10H2;7H,2-6H2,1H3. The Kier molecular flexibility index (Phi) is 6.26. The Bertz CT molecular complexity index is 321. The molecule has 2 fully saturated rings. The molecule has 0 atom stereocenters. The first kappa shape index (κ1) is 14.4. The second-order valence-corrected chi connectivity index (χ2v) is 6.13. The molecule has 19 heavy (non-hydrogen) atoms. The lowest BCUT2D eigenvalue weighted by molar-refractivity contribution is 0.385. The first-order valence-corrected chi connectivity index (χ1v) is 8.16. The Balaban J connectivity index is 0.000000163. The molecule has 0 unspecified atom stereocenters. The Morgan fingerprint density at radius 2 is 1.37 bits per heavy atom. The van der Waals surface area contributed by atoms with Gasteiger partial charge in [-0.3, -0.25) is 0 Å². The molecule has 1 saturated heterocycles. The van der Waals surface area contributed by atoms with E-state index in [-0.39, 0.29) is 0 Å². The van der Waals surface area contributed by atoms with Crippen LogP contribution in [0.5, 0.6) is 0 Å². The van der Waals surface area contributed by atoms with Crippen molar-refractivity contribution in [2.75, 3.05) is 18.0 Å². The molecule has 1 aliphatic carbocycles. The molecule has 0 bridgehead atoms. The molecule has 1 nitrogen and oxygen atoms in total. The van der Waals surface area contributed by atoms with Crippen LogP contribution in [-0.2, 0) is 0 Å². The predicted molar refractivity (Wildman–Crippen MR) is 84.8 cm³/mol. The third kappa shape index (κ3) is 5.26. The van der Waals surface area contributed by atoms with Gasteiger partial charge in [0.15, 0.2) is 0 Å². The first-order chi connectivity index (χ1) is 9.36. The number of benzene rings is 1. The van der Waals surface area contributed by atoms with Crippen LogP contribution in [0.4, 0.5) is 5.69 Å². The zero-order valence-corrected chi connectivity index (χ0v) is 12.5. The number of para-hydroxylation sites is 1. The lowest BCUT2D eigenvalue weighted by Crippen LogP contribution is -2.29. The van der Waals surface area contributed by atoms with Crippen LogP contribution in [0.3, 0.4) is 0 Å². The average molecular weight is 259 g/mol. The Hall–Kier alpha value is -0.980. The normalized spacial score (nSPS) is 20.6. The molecule has 2 aliphatic rings. The summed E-state index contributed by atoms with van der Waals surface area (Å²) in [7, 11) is 0. The molecule has 106 valence electrons.